The van der Waals surface area contributed by atoms with Crippen molar-refractivity contribution in [3.63, 3.8) is 0 Å². The van der Waals surface area contributed by atoms with E-state index >= 15 is 0 Å². The molecule has 0 bridgehead atoms. The summed E-state index contributed by atoms with van der Waals surface area (Å²) in [6, 6.07) is 6.05. The van der Waals surface area contributed by atoms with Crippen LogP contribution in [0.1, 0.15) is 15.6 Å². The molecule has 0 amide bonds. The van der Waals surface area contributed by atoms with Gasteiger partial charge in [0.25, 0.3) is 0 Å². The summed E-state index contributed by atoms with van der Waals surface area (Å²) in [7, 11) is 1.84. The first kappa shape index (κ1) is 16.7. The normalized spacial score (nSPS) is 15.7. The van der Waals surface area contributed by atoms with E-state index in [1.807, 2.05) is 25.4 Å². The molecule has 0 unspecified atom stereocenters. The number of guanidine groups is 1. The molecule has 2 aromatic rings. The number of pyridine rings is 1. The van der Waals surface area contributed by atoms with E-state index in [1.165, 1.54) is 4.88 Å². The van der Waals surface area contributed by atoms with Crippen LogP contribution in [0.3, 0.4) is 0 Å². The first-order valence-corrected chi connectivity index (χ1v) is 9.03. The van der Waals surface area contributed by atoms with E-state index < -0.39 is 0 Å². The van der Waals surface area contributed by atoms with Crippen LogP contribution in [-0.2, 0) is 6.54 Å². The molecule has 1 N–H and O–H groups in total. The van der Waals surface area contributed by atoms with Crippen LogP contribution in [0, 0.1) is 13.8 Å². The summed E-state index contributed by atoms with van der Waals surface area (Å²) < 4.78 is 0. The molecule has 6 nitrogen and oxygen atoms in total. The minimum atomic E-state index is 0.729. The van der Waals surface area contributed by atoms with Gasteiger partial charge in [0.05, 0.1) is 12.2 Å². The number of hydrogen-bond donors (Lipinski definition) is 1. The molecule has 1 aliphatic heterocycles. The highest BCUT2D eigenvalue weighted by molar-refractivity contribution is 7.11. The van der Waals surface area contributed by atoms with Gasteiger partial charge in [-0.1, -0.05) is 6.07 Å². The van der Waals surface area contributed by atoms with Crippen LogP contribution in [0.5, 0.6) is 0 Å². The van der Waals surface area contributed by atoms with Gasteiger partial charge < -0.3 is 15.1 Å². The van der Waals surface area contributed by atoms with Crippen molar-refractivity contribution in [1.29, 1.82) is 0 Å². The average molecular weight is 344 g/mol. The maximum Gasteiger partial charge on any atom is 0.194 e. The van der Waals surface area contributed by atoms with Crippen molar-refractivity contribution in [3.8, 4) is 0 Å². The van der Waals surface area contributed by atoms with Gasteiger partial charge in [0, 0.05) is 44.3 Å². The average Bonchev–Trinajstić information content (AvgIpc) is 2.95. The SMILES string of the molecule is CN=C(NCc1nc(C)c(C)s1)N1CCN(c2ccccn2)CC1. The van der Waals surface area contributed by atoms with Gasteiger partial charge in [-0.15, -0.1) is 11.3 Å². The molecule has 128 valence electrons. The smallest absolute Gasteiger partial charge is 0.194 e. The second-order valence-corrected chi connectivity index (χ2v) is 7.10. The van der Waals surface area contributed by atoms with Crippen LogP contribution in [0.2, 0.25) is 0 Å². The van der Waals surface area contributed by atoms with Crippen molar-refractivity contribution < 1.29 is 0 Å². The Labute approximate surface area is 147 Å². The van der Waals surface area contributed by atoms with E-state index in [-0.39, 0.29) is 0 Å². The Kier molecular flexibility index (Phi) is 5.30. The van der Waals surface area contributed by atoms with Gasteiger partial charge >= 0.3 is 0 Å². The Balaban J connectivity index is 1.54. The summed E-state index contributed by atoms with van der Waals surface area (Å²) in [6.07, 6.45) is 1.85. The molecule has 24 heavy (non-hydrogen) atoms. The third-order valence-corrected chi connectivity index (χ3v) is 5.31. The van der Waals surface area contributed by atoms with Gasteiger partial charge in [0.1, 0.15) is 10.8 Å². The van der Waals surface area contributed by atoms with Crippen LogP contribution < -0.4 is 10.2 Å². The van der Waals surface area contributed by atoms with E-state index in [9.17, 15) is 0 Å². The van der Waals surface area contributed by atoms with Crippen LogP contribution in [0.15, 0.2) is 29.4 Å². The summed E-state index contributed by atoms with van der Waals surface area (Å²) in [5.74, 6) is 2.00. The number of nitrogens with one attached hydrogen (secondary N) is 1. The van der Waals surface area contributed by atoms with Crippen LogP contribution in [0.25, 0.3) is 0 Å². The predicted octanol–water partition coefficient (Wildman–Crippen LogP) is 2.05. The first-order chi connectivity index (χ1) is 11.7. The third kappa shape index (κ3) is 3.84. The van der Waals surface area contributed by atoms with Crippen LogP contribution in [0.4, 0.5) is 5.82 Å². The third-order valence-electron chi connectivity index (χ3n) is 4.23. The van der Waals surface area contributed by atoms with Gasteiger partial charge in [0.15, 0.2) is 5.96 Å². The Morgan fingerprint density at radius 1 is 1.25 bits per heavy atom. The van der Waals surface area contributed by atoms with Gasteiger partial charge in [-0.2, -0.15) is 0 Å². The number of nitrogens with zero attached hydrogens (tertiary/aromatic N) is 5. The molecule has 1 aliphatic rings. The Morgan fingerprint density at radius 2 is 2.04 bits per heavy atom. The Morgan fingerprint density at radius 3 is 2.62 bits per heavy atom. The topological polar surface area (TPSA) is 56.7 Å². The fourth-order valence-corrected chi connectivity index (χ4v) is 3.66. The molecule has 0 radical (unpaired) electrons. The molecule has 0 aliphatic carbocycles. The lowest BCUT2D eigenvalue weighted by atomic mass is 10.3. The monoisotopic (exact) mass is 344 g/mol. The van der Waals surface area contributed by atoms with Crippen LogP contribution >= 0.6 is 11.3 Å². The molecule has 0 aromatic carbocycles. The Bertz CT molecular complexity index is 669. The second kappa shape index (κ2) is 7.61. The van der Waals surface area contributed by atoms with Gasteiger partial charge in [-0.05, 0) is 26.0 Å². The standard InChI is InChI=1S/C17H24N6S/c1-13-14(2)24-16(21-13)12-20-17(18-3)23-10-8-22(9-11-23)15-6-4-5-7-19-15/h4-7H,8-12H2,1-3H3,(H,18,20). The number of piperazine rings is 1. The highest BCUT2D eigenvalue weighted by Crippen LogP contribution is 2.16. The van der Waals surface area contributed by atoms with Gasteiger partial charge in [0.2, 0.25) is 0 Å². The van der Waals surface area contributed by atoms with Crippen molar-refractivity contribution >= 4 is 23.1 Å². The quantitative estimate of drug-likeness (QED) is 0.682. The highest BCUT2D eigenvalue weighted by Gasteiger charge is 2.20. The van der Waals surface area contributed by atoms with Crippen molar-refractivity contribution in [2.45, 2.75) is 20.4 Å². The van der Waals surface area contributed by atoms with Crippen molar-refractivity contribution in [2.75, 3.05) is 38.1 Å². The summed E-state index contributed by atoms with van der Waals surface area (Å²) in [5, 5.41) is 4.55. The van der Waals surface area contributed by atoms with E-state index in [1.54, 1.807) is 11.3 Å². The highest BCUT2D eigenvalue weighted by atomic mass is 32.1. The molecule has 2 aromatic heterocycles. The molecular weight excluding hydrogens is 320 g/mol. The molecular formula is C17H24N6S. The molecule has 3 heterocycles. The lowest BCUT2D eigenvalue weighted by Crippen LogP contribution is -2.52. The number of rotatable bonds is 3. The van der Waals surface area contributed by atoms with E-state index in [0.717, 1.165) is 55.2 Å². The lowest BCUT2D eigenvalue weighted by Gasteiger charge is -2.37. The fraction of sp³-hybridized carbons (Fsp3) is 0.471. The largest absolute Gasteiger partial charge is 0.353 e. The van der Waals surface area contributed by atoms with E-state index in [2.05, 4.69) is 50.0 Å². The summed E-state index contributed by atoms with van der Waals surface area (Å²) in [4.78, 5) is 19.3. The summed E-state index contributed by atoms with van der Waals surface area (Å²) in [5.41, 5.74) is 1.12. The molecule has 3 rings (SSSR count). The lowest BCUT2D eigenvalue weighted by molar-refractivity contribution is 0.371. The van der Waals surface area contributed by atoms with Gasteiger partial charge in [-0.3, -0.25) is 4.99 Å². The first-order valence-electron chi connectivity index (χ1n) is 8.22. The molecule has 0 spiro atoms. The van der Waals surface area contributed by atoms with Crippen molar-refractivity contribution in [1.82, 2.24) is 20.2 Å². The number of anilines is 1. The molecule has 0 atom stereocenters. The number of thiazole rings is 1. The minimum absolute atomic E-state index is 0.729. The number of aryl methyl sites for hydroxylation is 2. The summed E-state index contributed by atoms with van der Waals surface area (Å²) >= 11 is 1.75. The minimum Gasteiger partial charge on any atom is -0.353 e. The van der Waals surface area contributed by atoms with E-state index in [4.69, 9.17) is 0 Å². The predicted molar refractivity (Wildman–Crippen MR) is 99.8 cm³/mol. The number of aromatic nitrogens is 2. The molecule has 0 saturated carbocycles. The molecule has 7 heteroatoms. The van der Waals surface area contributed by atoms with Gasteiger partial charge in [-0.25, -0.2) is 9.97 Å². The zero-order chi connectivity index (χ0) is 16.9. The second-order valence-electron chi connectivity index (χ2n) is 5.81. The molecule has 1 saturated heterocycles. The van der Waals surface area contributed by atoms with Crippen LogP contribution in [-0.4, -0.2) is 54.1 Å². The number of aliphatic imine (C=N–C) groups is 1. The fourth-order valence-electron chi connectivity index (χ4n) is 2.79. The number of hydrogen-bond acceptors (Lipinski definition) is 5. The Hall–Kier alpha value is -2.15. The van der Waals surface area contributed by atoms with Crippen molar-refractivity contribution in [3.05, 3.63) is 40.0 Å². The zero-order valence-electron chi connectivity index (χ0n) is 14.5. The maximum absolute atomic E-state index is 4.58. The van der Waals surface area contributed by atoms with Crippen molar-refractivity contribution in [2.24, 2.45) is 4.99 Å². The maximum atomic E-state index is 4.58. The summed E-state index contributed by atoms with van der Waals surface area (Å²) in [6.45, 7) is 8.67. The van der Waals surface area contributed by atoms with E-state index in [0.29, 0.717) is 0 Å². The zero-order valence-corrected chi connectivity index (χ0v) is 15.3. The molecule has 1 fully saturated rings.